The summed E-state index contributed by atoms with van der Waals surface area (Å²) in [7, 11) is 0. The molecule has 0 saturated heterocycles. The molecule has 156 valence electrons. The van der Waals surface area contributed by atoms with Crippen molar-refractivity contribution >= 4 is 22.1 Å². The quantitative estimate of drug-likeness (QED) is 0.244. The lowest BCUT2D eigenvalue weighted by Crippen LogP contribution is -1.67. The van der Waals surface area contributed by atoms with Crippen LogP contribution in [0, 0.1) is 23.8 Å². The number of hydrogen-bond donors (Lipinski definition) is 0. The minimum atomic E-state index is 1.19. The first kappa shape index (κ1) is 24.3. The molecule has 0 aliphatic carbocycles. The van der Waals surface area contributed by atoms with Gasteiger partial charge in [0, 0.05) is 17.8 Å². The van der Waals surface area contributed by atoms with Crippen LogP contribution in [0.2, 0.25) is 0 Å². The largest absolute Gasteiger partial charge is 0.461 e. The van der Waals surface area contributed by atoms with Gasteiger partial charge in [-0.05, 0) is 58.6 Å². The van der Waals surface area contributed by atoms with E-state index in [9.17, 15) is 0 Å². The Morgan fingerprint density at radius 2 is 1.44 bits per heavy atom. The number of fused-ring (bicyclic) bond motifs is 1. The van der Waals surface area contributed by atoms with Crippen LogP contribution in [-0.4, -0.2) is 4.98 Å². The Labute approximate surface area is 194 Å². The summed E-state index contributed by atoms with van der Waals surface area (Å²) in [6, 6.07) is 43.0. The number of furan rings is 1. The third-order valence-electron chi connectivity index (χ3n) is 3.50. The summed E-state index contributed by atoms with van der Waals surface area (Å²) in [5, 5.41) is 7.33. The van der Waals surface area contributed by atoms with Gasteiger partial charge in [0.25, 0.3) is 0 Å². The molecule has 0 saturated carbocycles. The average molecular weight is 434 g/mol. The van der Waals surface area contributed by atoms with Crippen LogP contribution in [0.1, 0.15) is 0 Å². The van der Waals surface area contributed by atoms with Crippen molar-refractivity contribution in [2.24, 2.45) is 0 Å². The van der Waals surface area contributed by atoms with E-state index >= 15 is 0 Å². The maximum Gasteiger partial charge on any atom is 0.169 e. The van der Waals surface area contributed by atoms with Crippen molar-refractivity contribution in [2.75, 3.05) is 0 Å². The van der Waals surface area contributed by atoms with Gasteiger partial charge in [0.15, 0.2) is 6.26 Å². The molecule has 0 fully saturated rings. The Morgan fingerprint density at radius 3 is 1.84 bits per heavy atom. The third kappa shape index (κ3) is 12.6. The van der Waals surface area contributed by atoms with Crippen LogP contribution in [0.3, 0.4) is 0 Å². The SMILES string of the molecule is [c]1cccc2ccccc12.[c]1ccccc1.[c]1ccco1.[c]1cccs1.c1ccncc1. The summed E-state index contributed by atoms with van der Waals surface area (Å²) in [4.78, 5) is 3.78. The second-order valence-electron chi connectivity index (χ2n) is 5.82. The monoisotopic (exact) mass is 433 g/mol. The highest BCUT2D eigenvalue weighted by molar-refractivity contribution is 7.07. The number of aromatic nitrogens is 1. The van der Waals surface area contributed by atoms with Gasteiger partial charge < -0.3 is 4.42 Å². The first-order valence-corrected chi connectivity index (χ1v) is 10.8. The van der Waals surface area contributed by atoms with Crippen LogP contribution in [0.25, 0.3) is 10.8 Å². The van der Waals surface area contributed by atoms with Crippen LogP contribution in [-0.2, 0) is 0 Å². The van der Waals surface area contributed by atoms with E-state index in [1.807, 2.05) is 90.3 Å². The van der Waals surface area contributed by atoms with E-state index in [0.29, 0.717) is 0 Å². The number of hydrogen-bond acceptors (Lipinski definition) is 3. The zero-order valence-electron chi connectivity index (χ0n) is 17.5. The summed E-state index contributed by atoms with van der Waals surface area (Å²) in [5.41, 5.74) is 0. The fourth-order valence-corrected chi connectivity index (χ4v) is 2.50. The molecule has 0 aliphatic rings. The van der Waals surface area contributed by atoms with Gasteiger partial charge in [-0.2, -0.15) is 0 Å². The zero-order valence-corrected chi connectivity index (χ0v) is 18.4. The van der Waals surface area contributed by atoms with E-state index < -0.39 is 0 Å². The number of thiophene rings is 1. The summed E-state index contributed by atoms with van der Waals surface area (Å²) in [6.07, 6.45) is 7.56. The van der Waals surface area contributed by atoms with E-state index in [0.717, 1.165) is 0 Å². The van der Waals surface area contributed by atoms with Crippen LogP contribution in [0.4, 0.5) is 0 Å². The molecular formula is C29H23NOS. The lowest BCUT2D eigenvalue weighted by atomic mass is 10.1. The molecule has 6 rings (SSSR count). The van der Waals surface area contributed by atoms with Crippen LogP contribution in [0.15, 0.2) is 144 Å². The van der Waals surface area contributed by atoms with Crippen molar-refractivity contribution in [1.82, 2.24) is 4.98 Å². The summed E-state index contributed by atoms with van der Waals surface area (Å²) in [5.74, 6) is 0. The first-order valence-electron chi connectivity index (χ1n) is 9.87. The Hall–Kier alpha value is -3.95. The second-order valence-corrected chi connectivity index (χ2v) is 6.56. The van der Waals surface area contributed by atoms with Gasteiger partial charge in [-0.15, -0.1) is 11.3 Å². The standard InChI is InChI=1S/C10H7.C6H5.C5H5N.C4H3O.C4H3S/c1-2-6-10-8-4-3-7-9(10)5-1;2*1-2-4-6-5-3-1;2*1-2-4-5-3-1/h1-7H;2*1-5H;2*1-3H. The number of pyridine rings is 1. The molecule has 4 radical (unpaired) electrons. The molecule has 0 spiro atoms. The van der Waals surface area contributed by atoms with Gasteiger partial charge in [0.1, 0.15) is 0 Å². The zero-order chi connectivity index (χ0) is 22.4. The fraction of sp³-hybridized carbons (Fsp3) is 0. The molecule has 3 aromatic carbocycles. The van der Waals surface area contributed by atoms with Crippen molar-refractivity contribution in [3.63, 3.8) is 0 Å². The smallest absolute Gasteiger partial charge is 0.169 e. The second kappa shape index (κ2) is 17.9. The van der Waals surface area contributed by atoms with Gasteiger partial charge in [-0.1, -0.05) is 84.9 Å². The Bertz CT molecular complexity index is 899. The van der Waals surface area contributed by atoms with Crippen LogP contribution >= 0.6 is 11.3 Å². The Kier molecular flexibility index (Phi) is 13.6. The van der Waals surface area contributed by atoms with E-state index in [1.165, 1.54) is 10.8 Å². The number of rotatable bonds is 0. The number of benzene rings is 3. The highest BCUT2D eigenvalue weighted by Crippen LogP contribution is 2.10. The average Bonchev–Trinajstić information content (AvgIpc) is 3.67. The molecule has 6 aromatic rings. The van der Waals surface area contributed by atoms with Gasteiger partial charge in [-0.25, -0.2) is 0 Å². The van der Waals surface area contributed by atoms with Crippen molar-refractivity contribution < 1.29 is 4.42 Å². The third-order valence-corrected chi connectivity index (χ3v) is 4.07. The van der Waals surface area contributed by atoms with Gasteiger partial charge >= 0.3 is 0 Å². The predicted octanol–water partition coefficient (Wildman–Crippen LogP) is 7.84. The van der Waals surface area contributed by atoms with E-state index in [-0.39, 0.29) is 0 Å². The highest BCUT2D eigenvalue weighted by Gasteiger charge is 1.85. The number of nitrogens with zero attached hydrogens (tertiary/aromatic N) is 1. The molecule has 0 amide bonds. The minimum Gasteiger partial charge on any atom is -0.461 e. The molecule has 3 aromatic heterocycles. The molecular weight excluding hydrogens is 410 g/mol. The molecule has 0 unspecified atom stereocenters. The fourth-order valence-electron chi connectivity index (χ4n) is 2.11. The summed E-state index contributed by atoms with van der Waals surface area (Å²) in [6.45, 7) is 0. The molecule has 3 heteroatoms. The van der Waals surface area contributed by atoms with Gasteiger partial charge in [0.05, 0.1) is 6.26 Å². The maximum absolute atomic E-state index is 4.46. The molecule has 0 aliphatic heterocycles. The molecule has 0 bridgehead atoms. The molecule has 0 atom stereocenters. The van der Waals surface area contributed by atoms with Crippen molar-refractivity contribution in [2.45, 2.75) is 0 Å². The van der Waals surface area contributed by atoms with Gasteiger partial charge in [-0.3, -0.25) is 4.98 Å². The first-order chi connectivity index (χ1) is 16.0. The van der Waals surface area contributed by atoms with Gasteiger partial charge in [0.2, 0.25) is 0 Å². The van der Waals surface area contributed by atoms with E-state index in [2.05, 4.69) is 51.4 Å². The Morgan fingerprint density at radius 1 is 0.656 bits per heavy atom. The molecule has 32 heavy (non-hydrogen) atoms. The maximum atomic E-state index is 4.46. The van der Waals surface area contributed by atoms with Crippen molar-refractivity contribution in [3.8, 4) is 0 Å². The van der Waals surface area contributed by atoms with Crippen LogP contribution < -0.4 is 0 Å². The lowest BCUT2D eigenvalue weighted by Gasteiger charge is -1.91. The summed E-state index contributed by atoms with van der Waals surface area (Å²) < 4.78 is 4.46. The Balaban J connectivity index is 0.000000147. The van der Waals surface area contributed by atoms with E-state index in [1.54, 1.807) is 42.1 Å². The van der Waals surface area contributed by atoms with E-state index in [4.69, 9.17) is 0 Å². The lowest BCUT2D eigenvalue weighted by molar-refractivity contribution is 0.558. The van der Waals surface area contributed by atoms with Crippen LogP contribution in [0.5, 0.6) is 0 Å². The van der Waals surface area contributed by atoms with Crippen molar-refractivity contribution in [3.05, 3.63) is 163 Å². The predicted molar refractivity (Wildman–Crippen MR) is 133 cm³/mol. The van der Waals surface area contributed by atoms with Crippen molar-refractivity contribution in [1.29, 1.82) is 0 Å². The molecule has 0 N–H and O–H groups in total. The highest BCUT2D eigenvalue weighted by atomic mass is 32.1. The minimum absolute atomic E-state index is 1.19. The summed E-state index contributed by atoms with van der Waals surface area (Å²) >= 11 is 1.59. The molecule has 2 nitrogen and oxygen atoms in total. The molecule has 3 heterocycles. The topological polar surface area (TPSA) is 26.0 Å². The normalized spacial score (nSPS) is 8.62.